The van der Waals surface area contributed by atoms with Crippen LogP contribution in [0, 0.1) is 0 Å². The lowest BCUT2D eigenvalue weighted by atomic mass is 10.2. The van der Waals surface area contributed by atoms with Gasteiger partial charge >= 0.3 is 5.97 Å². The molecular formula is C14H18N2O7S2. The first-order valence-electron chi connectivity index (χ1n) is 7.26. The van der Waals surface area contributed by atoms with E-state index in [2.05, 4.69) is 0 Å². The number of hydrogen-bond acceptors (Lipinski definition) is 7. The Morgan fingerprint density at radius 2 is 1.88 bits per heavy atom. The molecule has 2 N–H and O–H groups in total. The van der Waals surface area contributed by atoms with E-state index in [9.17, 15) is 26.4 Å². The summed E-state index contributed by atoms with van der Waals surface area (Å²) < 4.78 is 50.1. The maximum atomic E-state index is 12.0. The van der Waals surface area contributed by atoms with Gasteiger partial charge in [-0.1, -0.05) is 0 Å². The Labute approximate surface area is 145 Å². The number of sulfonamides is 1. The fourth-order valence-electron chi connectivity index (χ4n) is 2.38. The first kappa shape index (κ1) is 19.3. The molecule has 1 aliphatic rings. The van der Waals surface area contributed by atoms with Gasteiger partial charge in [0.05, 0.1) is 22.0 Å². The largest absolute Gasteiger partial charge is 0.452 e. The minimum absolute atomic E-state index is 0.0332. The van der Waals surface area contributed by atoms with Crippen LogP contribution < -0.4 is 5.14 Å². The van der Waals surface area contributed by atoms with Crippen molar-refractivity contribution in [3.63, 3.8) is 0 Å². The van der Waals surface area contributed by atoms with Crippen LogP contribution in [-0.4, -0.2) is 64.8 Å². The number of primary sulfonamides is 1. The number of rotatable bonds is 5. The van der Waals surface area contributed by atoms with Crippen LogP contribution in [0.15, 0.2) is 29.2 Å². The van der Waals surface area contributed by atoms with Crippen molar-refractivity contribution >= 4 is 31.7 Å². The van der Waals surface area contributed by atoms with Crippen LogP contribution in [-0.2, 0) is 29.4 Å². The minimum atomic E-state index is -3.86. The third-order valence-electron chi connectivity index (χ3n) is 3.89. The van der Waals surface area contributed by atoms with Crippen molar-refractivity contribution in [2.24, 2.45) is 5.14 Å². The number of likely N-dealkylation sites (N-methyl/N-ethyl adjacent to an activating group) is 1. The van der Waals surface area contributed by atoms with Crippen molar-refractivity contribution < 1.29 is 31.2 Å². The van der Waals surface area contributed by atoms with Crippen LogP contribution >= 0.6 is 0 Å². The number of amides is 1. The van der Waals surface area contributed by atoms with Gasteiger partial charge in [-0.15, -0.1) is 0 Å². The number of esters is 1. The molecule has 1 aromatic carbocycles. The van der Waals surface area contributed by atoms with Gasteiger partial charge in [-0.25, -0.2) is 26.8 Å². The smallest absolute Gasteiger partial charge is 0.338 e. The second-order valence-electron chi connectivity index (χ2n) is 5.71. The maximum Gasteiger partial charge on any atom is 0.338 e. The maximum absolute atomic E-state index is 12.0. The molecule has 1 saturated heterocycles. The Kier molecular flexibility index (Phi) is 5.49. The van der Waals surface area contributed by atoms with Crippen molar-refractivity contribution in [3.05, 3.63) is 29.8 Å². The Morgan fingerprint density at radius 1 is 1.28 bits per heavy atom. The third-order valence-corrected chi connectivity index (χ3v) is 6.57. The van der Waals surface area contributed by atoms with Crippen molar-refractivity contribution in [1.82, 2.24) is 4.90 Å². The normalized spacial score (nSPS) is 19.4. The quantitative estimate of drug-likeness (QED) is 0.645. The van der Waals surface area contributed by atoms with E-state index in [-0.39, 0.29) is 22.0 Å². The molecule has 1 heterocycles. The molecule has 138 valence electrons. The summed E-state index contributed by atoms with van der Waals surface area (Å²) >= 11 is 0. The first-order chi connectivity index (χ1) is 11.5. The highest BCUT2D eigenvalue weighted by atomic mass is 32.2. The molecule has 1 unspecified atom stereocenters. The van der Waals surface area contributed by atoms with Gasteiger partial charge in [0.25, 0.3) is 5.91 Å². The lowest BCUT2D eigenvalue weighted by Gasteiger charge is -2.23. The number of ether oxygens (including phenoxy) is 1. The molecule has 1 aliphatic heterocycles. The molecule has 0 radical (unpaired) electrons. The predicted molar refractivity (Wildman–Crippen MR) is 87.9 cm³/mol. The SMILES string of the molecule is CN(C(=O)COC(=O)c1ccc(S(N)(=O)=O)cc1)C1CCS(=O)(=O)C1. The van der Waals surface area contributed by atoms with Crippen molar-refractivity contribution in [2.75, 3.05) is 25.2 Å². The van der Waals surface area contributed by atoms with Crippen LogP contribution in [0.1, 0.15) is 16.8 Å². The predicted octanol–water partition coefficient (Wildman–Crippen LogP) is -0.864. The molecule has 1 aromatic rings. The standard InChI is InChI=1S/C14H18N2O7S2/c1-16(11-6-7-24(19,20)9-11)13(17)8-23-14(18)10-2-4-12(5-3-10)25(15,21)22/h2-5,11H,6-9H2,1H3,(H2,15,21,22). The fraction of sp³-hybridized carbons (Fsp3) is 0.429. The van der Waals surface area contributed by atoms with E-state index < -0.39 is 44.4 Å². The molecule has 2 rings (SSSR count). The summed E-state index contributed by atoms with van der Waals surface area (Å²) in [7, 11) is -5.53. The van der Waals surface area contributed by atoms with Gasteiger partial charge in [0.15, 0.2) is 16.4 Å². The Hall–Kier alpha value is -1.98. The molecule has 0 aliphatic carbocycles. The molecule has 11 heteroatoms. The van der Waals surface area contributed by atoms with Gasteiger partial charge in [0.2, 0.25) is 10.0 Å². The first-order valence-corrected chi connectivity index (χ1v) is 10.6. The minimum Gasteiger partial charge on any atom is -0.452 e. The molecule has 1 amide bonds. The van der Waals surface area contributed by atoms with Crippen molar-refractivity contribution in [2.45, 2.75) is 17.4 Å². The molecule has 0 aromatic heterocycles. The topological polar surface area (TPSA) is 141 Å². The van der Waals surface area contributed by atoms with Gasteiger partial charge < -0.3 is 9.64 Å². The molecule has 0 saturated carbocycles. The fourth-order valence-corrected chi connectivity index (χ4v) is 4.67. The van der Waals surface area contributed by atoms with Gasteiger partial charge in [-0.05, 0) is 30.7 Å². The van der Waals surface area contributed by atoms with Gasteiger partial charge in [-0.2, -0.15) is 0 Å². The number of nitrogens with two attached hydrogens (primary N) is 1. The van der Waals surface area contributed by atoms with Crippen LogP contribution in [0.2, 0.25) is 0 Å². The Morgan fingerprint density at radius 3 is 2.36 bits per heavy atom. The van der Waals surface area contributed by atoms with Crippen LogP contribution in [0.25, 0.3) is 0 Å². The summed E-state index contributed by atoms with van der Waals surface area (Å²) in [6.45, 7) is -0.539. The average molecular weight is 390 g/mol. The highest BCUT2D eigenvalue weighted by Crippen LogP contribution is 2.17. The van der Waals surface area contributed by atoms with E-state index in [1.807, 2.05) is 0 Å². The van der Waals surface area contributed by atoms with E-state index in [0.717, 1.165) is 12.1 Å². The second-order valence-corrected chi connectivity index (χ2v) is 9.50. The zero-order valence-electron chi connectivity index (χ0n) is 13.4. The van der Waals surface area contributed by atoms with Crippen molar-refractivity contribution in [1.29, 1.82) is 0 Å². The monoisotopic (exact) mass is 390 g/mol. The molecular weight excluding hydrogens is 372 g/mol. The van der Waals surface area contributed by atoms with E-state index in [4.69, 9.17) is 9.88 Å². The Balaban J connectivity index is 1.92. The molecule has 0 spiro atoms. The summed E-state index contributed by atoms with van der Waals surface area (Å²) in [5, 5.41) is 4.96. The van der Waals surface area contributed by atoms with E-state index >= 15 is 0 Å². The average Bonchev–Trinajstić information content (AvgIpc) is 2.90. The number of carbonyl (C=O) groups is 2. The van der Waals surface area contributed by atoms with E-state index in [1.54, 1.807) is 0 Å². The number of sulfone groups is 1. The molecule has 1 fully saturated rings. The number of carbonyl (C=O) groups excluding carboxylic acids is 2. The highest BCUT2D eigenvalue weighted by molar-refractivity contribution is 7.91. The van der Waals surface area contributed by atoms with Crippen LogP contribution in [0.3, 0.4) is 0 Å². The third kappa shape index (κ3) is 5.00. The zero-order valence-corrected chi connectivity index (χ0v) is 15.0. The van der Waals surface area contributed by atoms with E-state index in [0.29, 0.717) is 6.42 Å². The van der Waals surface area contributed by atoms with Gasteiger partial charge in [0.1, 0.15) is 0 Å². The number of nitrogens with zero attached hydrogens (tertiary/aromatic N) is 1. The van der Waals surface area contributed by atoms with Gasteiger partial charge in [0, 0.05) is 13.1 Å². The molecule has 25 heavy (non-hydrogen) atoms. The second kappa shape index (κ2) is 7.10. The highest BCUT2D eigenvalue weighted by Gasteiger charge is 2.32. The van der Waals surface area contributed by atoms with Crippen LogP contribution in [0.5, 0.6) is 0 Å². The van der Waals surface area contributed by atoms with Gasteiger partial charge in [-0.3, -0.25) is 4.79 Å². The lowest BCUT2D eigenvalue weighted by molar-refractivity contribution is -0.134. The lowest BCUT2D eigenvalue weighted by Crippen LogP contribution is -2.40. The summed E-state index contributed by atoms with van der Waals surface area (Å²) in [5.74, 6) is -1.39. The summed E-state index contributed by atoms with van der Waals surface area (Å²) in [6, 6.07) is 4.33. The molecule has 0 bridgehead atoms. The number of hydrogen-bond donors (Lipinski definition) is 1. The van der Waals surface area contributed by atoms with Crippen molar-refractivity contribution in [3.8, 4) is 0 Å². The summed E-state index contributed by atoms with van der Waals surface area (Å²) in [5.41, 5.74) is 0.0614. The molecule has 1 atom stereocenters. The molecule has 9 nitrogen and oxygen atoms in total. The summed E-state index contributed by atoms with van der Waals surface area (Å²) in [4.78, 5) is 25.0. The summed E-state index contributed by atoms with van der Waals surface area (Å²) in [6.07, 6.45) is 0.355. The zero-order chi connectivity index (χ0) is 18.8. The number of benzene rings is 1. The van der Waals surface area contributed by atoms with E-state index in [1.165, 1.54) is 24.1 Å². The van der Waals surface area contributed by atoms with Crippen LogP contribution in [0.4, 0.5) is 0 Å². The Bertz CT molecular complexity index is 876.